The molecule has 0 aliphatic rings. The highest BCUT2D eigenvalue weighted by molar-refractivity contribution is 6.46. The van der Waals surface area contributed by atoms with Crippen LogP contribution in [0.5, 0.6) is 0 Å². The van der Waals surface area contributed by atoms with E-state index in [0.717, 1.165) is 15.0 Å². The number of hydrogen-bond donors (Lipinski definition) is 2. The Hall–Kier alpha value is 0.0499. The van der Waals surface area contributed by atoms with Crippen LogP contribution in [0.4, 0.5) is 0 Å². The van der Waals surface area contributed by atoms with E-state index in [4.69, 9.17) is 10.0 Å². The molecule has 0 amide bonds. The van der Waals surface area contributed by atoms with Crippen molar-refractivity contribution in [1.82, 2.24) is 0 Å². The maximum atomic E-state index is 7.75. The van der Waals surface area contributed by atoms with E-state index in [1.165, 1.54) is 0 Å². The largest absolute Gasteiger partial charge is 0.455 e. The van der Waals surface area contributed by atoms with Gasteiger partial charge in [-0.15, -0.1) is 0 Å². The predicted molar refractivity (Wildman–Crippen MR) is 20.8 cm³/mol. The van der Waals surface area contributed by atoms with E-state index in [9.17, 15) is 0 Å². The van der Waals surface area contributed by atoms with Gasteiger partial charge in [-0.25, -0.2) is 0 Å². The van der Waals surface area contributed by atoms with Crippen molar-refractivity contribution in [3.8, 4) is 0 Å². The maximum absolute atomic E-state index is 7.75. The molecule has 0 aromatic heterocycles. The van der Waals surface area contributed by atoms with Crippen LogP contribution >= 0.6 is 0 Å². The minimum Gasteiger partial charge on any atom is -0.455 e. The molecule has 0 aliphatic heterocycles. The second-order valence-corrected chi connectivity index (χ2v) is 0.601. The van der Waals surface area contributed by atoms with Crippen LogP contribution < -0.4 is 0 Å². The first-order chi connectivity index (χ1) is 2.41. The molecule has 0 bridgehead atoms. The van der Waals surface area contributed by atoms with Gasteiger partial charge >= 0.3 is 0 Å². The molecule has 2 nitrogen and oxygen atoms in total. The molecule has 0 aromatic rings. The van der Waals surface area contributed by atoms with Crippen LogP contribution in [0.1, 0.15) is 0 Å². The fourth-order valence-corrected chi connectivity index (χ4v) is 0.0471. The summed E-state index contributed by atoms with van der Waals surface area (Å²) in [5.74, 6) is 0. The molecule has 0 fully saturated rings. The molecule has 2 N–H and O–H groups in total. The number of rotatable bonds is 2. The van der Waals surface area contributed by atoms with E-state index in [1.54, 1.807) is 0 Å². The molecule has 0 heterocycles. The topological polar surface area (TPSA) is 40.5 Å². The highest BCUT2D eigenvalue weighted by atomic mass is 16.2. The van der Waals surface area contributed by atoms with Gasteiger partial charge < -0.3 is 10.0 Å². The average molecular weight is 69.7 g/mol. The van der Waals surface area contributed by atoms with Gasteiger partial charge in [0.2, 0.25) is 0 Å². The molecule has 0 rings (SSSR count). The van der Waals surface area contributed by atoms with Crippen molar-refractivity contribution < 1.29 is 10.0 Å². The van der Waals surface area contributed by atoms with Crippen LogP contribution in [0.2, 0.25) is 6.22 Å². The molecule has 0 spiro atoms. The summed E-state index contributed by atoms with van der Waals surface area (Å²) < 4.78 is 0. The zero-order chi connectivity index (χ0) is 4.12. The molecule has 2 radical (unpaired) electrons. The zero-order valence-corrected chi connectivity index (χ0v) is 2.76. The van der Waals surface area contributed by atoms with Gasteiger partial charge in [0.15, 0.2) is 0 Å². The molecule has 26 valence electrons. The minimum atomic E-state index is 0.250. The van der Waals surface area contributed by atoms with Crippen molar-refractivity contribution in [2.45, 2.75) is 6.22 Å². The van der Waals surface area contributed by atoms with Gasteiger partial charge in [-0.2, -0.15) is 0 Å². The molecule has 0 aliphatic carbocycles. The first-order valence-electron chi connectivity index (χ1n) is 1.33. The highest BCUT2D eigenvalue weighted by Crippen LogP contribution is 1.60. The Labute approximate surface area is 32.4 Å². The van der Waals surface area contributed by atoms with Gasteiger partial charge in [0.25, 0.3) is 15.0 Å². The van der Waals surface area contributed by atoms with Gasteiger partial charge in [-0.3, -0.25) is 0 Å². The van der Waals surface area contributed by atoms with Crippen LogP contribution in [0.25, 0.3) is 0 Å². The van der Waals surface area contributed by atoms with E-state index in [2.05, 4.69) is 0 Å². The Kier molecular flexibility index (Phi) is 4.09. The van der Waals surface area contributed by atoms with Crippen LogP contribution in [0, 0.1) is 0 Å². The SMILES string of the molecule is O[B]C[B]O. The fourth-order valence-electron chi connectivity index (χ4n) is 0.0471. The Morgan fingerprint density at radius 1 is 1.20 bits per heavy atom. The van der Waals surface area contributed by atoms with Gasteiger partial charge in [0.1, 0.15) is 0 Å². The van der Waals surface area contributed by atoms with Crippen molar-refractivity contribution in [2.75, 3.05) is 0 Å². The summed E-state index contributed by atoms with van der Waals surface area (Å²) in [6.07, 6.45) is 0.250. The summed E-state index contributed by atoms with van der Waals surface area (Å²) in [7, 11) is 1.75. The molecule has 0 atom stereocenters. The third-order valence-electron chi connectivity index (χ3n) is 0.211. The predicted octanol–water partition coefficient (Wildman–Crippen LogP) is -1.41. The molecule has 0 unspecified atom stereocenters. The molecule has 0 aromatic carbocycles. The van der Waals surface area contributed by atoms with Crippen LogP contribution in [-0.2, 0) is 0 Å². The quantitative estimate of drug-likeness (QED) is 0.391. The first-order valence-corrected chi connectivity index (χ1v) is 1.33. The zero-order valence-electron chi connectivity index (χ0n) is 2.76. The van der Waals surface area contributed by atoms with Gasteiger partial charge in [0, 0.05) is 0 Å². The Morgan fingerprint density at radius 2 is 1.60 bits per heavy atom. The Bertz CT molecular complexity index is 15.1. The Balaban J connectivity index is 2.19. The van der Waals surface area contributed by atoms with Gasteiger partial charge in [0.05, 0.1) is 0 Å². The lowest BCUT2D eigenvalue weighted by atomic mass is 9.76. The van der Waals surface area contributed by atoms with Crippen LogP contribution in [-0.4, -0.2) is 25.0 Å². The smallest absolute Gasteiger partial charge is 0.281 e. The molecular formula is CH4B2O2. The molecule has 4 heteroatoms. The van der Waals surface area contributed by atoms with E-state index in [1.807, 2.05) is 0 Å². The van der Waals surface area contributed by atoms with Crippen LogP contribution in [0.15, 0.2) is 0 Å². The second-order valence-electron chi connectivity index (χ2n) is 0.601. The third kappa shape index (κ3) is 4.05. The molecule has 0 saturated heterocycles. The van der Waals surface area contributed by atoms with E-state index in [-0.39, 0.29) is 6.22 Å². The highest BCUT2D eigenvalue weighted by Gasteiger charge is 1.80. The minimum absolute atomic E-state index is 0.250. The summed E-state index contributed by atoms with van der Waals surface area (Å²) in [6, 6.07) is 0. The third-order valence-corrected chi connectivity index (χ3v) is 0.211. The average Bonchev–Trinajstić information content (AvgIpc) is 1.41. The summed E-state index contributed by atoms with van der Waals surface area (Å²) in [5, 5.41) is 15.5. The van der Waals surface area contributed by atoms with E-state index < -0.39 is 0 Å². The van der Waals surface area contributed by atoms with Crippen molar-refractivity contribution >= 4 is 15.0 Å². The molecule has 5 heavy (non-hydrogen) atoms. The normalized spacial score (nSPS) is 6.80. The number of hydrogen-bond acceptors (Lipinski definition) is 2. The Morgan fingerprint density at radius 3 is 1.60 bits per heavy atom. The summed E-state index contributed by atoms with van der Waals surface area (Å²) >= 11 is 0. The van der Waals surface area contributed by atoms with E-state index >= 15 is 0 Å². The lowest BCUT2D eigenvalue weighted by Crippen LogP contribution is -1.93. The first kappa shape index (κ1) is 5.05. The second kappa shape index (κ2) is 4.05. The maximum Gasteiger partial charge on any atom is 0.281 e. The monoisotopic (exact) mass is 70.0 g/mol. The lowest BCUT2D eigenvalue weighted by molar-refractivity contribution is 0.588. The fraction of sp³-hybridized carbons (Fsp3) is 1.00. The molecular weight excluding hydrogens is 65.6 g/mol. The van der Waals surface area contributed by atoms with Crippen molar-refractivity contribution in [3.63, 3.8) is 0 Å². The van der Waals surface area contributed by atoms with Crippen molar-refractivity contribution in [1.29, 1.82) is 0 Å². The molecule has 0 saturated carbocycles. The van der Waals surface area contributed by atoms with Crippen molar-refractivity contribution in [2.24, 2.45) is 0 Å². The van der Waals surface area contributed by atoms with Gasteiger partial charge in [-0.05, 0) is 0 Å². The standard InChI is InChI=1S/CH4B2O2/c4-2-1-3-5/h4-5H,1H2. The summed E-state index contributed by atoms with van der Waals surface area (Å²) in [6.45, 7) is 0. The van der Waals surface area contributed by atoms with Gasteiger partial charge in [-0.1, -0.05) is 6.22 Å². The van der Waals surface area contributed by atoms with E-state index in [0.29, 0.717) is 0 Å². The summed E-state index contributed by atoms with van der Waals surface area (Å²) in [5.41, 5.74) is 0. The lowest BCUT2D eigenvalue weighted by Gasteiger charge is -1.71. The van der Waals surface area contributed by atoms with Crippen molar-refractivity contribution in [3.05, 3.63) is 0 Å². The van der Waals surface area contributed by atoms with Crippen LogP contribution in [0.3, 0.4) is 0 Å². The summed E-state index contributed by atoms with van der Waals surface area (Å²) in [4.78, 5) is 0.